The van der Waals surface area contributed by atoms with Gasteiger partial charge in [0.1, 0.15) is 13.2 Å². The lowest BCUT2D eigenvalue weighted by molar-refractivity contribution is -0.870. The van der Waals surface area contributed by atoms with Crippen molar-refractivity contribution < 1.29 is 32.9 Å². The summed E-state index contributed by atoms with van der Waals surface area (Å²) in [7, 11) is 1.17. The largest absolute Gasteiger partial charge is 0.756 e. The Morgan fingerprint density at radius 3 is 1.50 bits per heavy atom. The number of aliphatic hydroxyl groups excluding tert-OH is 1. The molecule has 0 saturated carbocycles. The summed E-state index contributed by atoms with van der Waals surface area (Å²) >= 11 is 0. The number of phosphoric acid groups is 1. The smallest absolute Gasteiger partial charge is 0.268 e. The molecule has 0 aromatic rings. The molecule has 3 unspecified atom stereocenters. The van der Waals surface area contributed by atoms with Crippen LogP contribution < -0.4 is 10.2 Å². The van der Waals surface area contributed by atoms with Gasteiger partial charge in [0.15, 0.2) is 0 Å². The number of hydrogen-bond acceptors (Lipinski definition) is 6. The van der Waals surface area contributed by atoms with Crippen LogP contribution in [0.15, 0.2) is 122 Å². The first-order valence-corrected chi connectivity index (χ1v) is 25.4. The molecule has 0 radical (unpaired) electrons. The third kappa shape index (κ3) is 44.9. The molecule has 0 aromatic carbocycles. The van der Waals surface area contributed by atoms with Gasteiger partial charge in [-0.1, -0.05) is 174 Å². The highest BCUT2D eigenvalue weighted by molar-refractivity contribution is 7.45. The molecule has 3 atom stereocenters. The number of hydrogen-bond donors (Lipinski definition) is 2. The van der Waals surface area contributed by atoms with E-state index in [-0.39, 0.29) is 18.9 Å². The maximum Gasteiger partial charge on any atom is 0.268 e. The Labute approximate surface area is 380 Å². The second-order valence-electron chi connectivity index (χ2n) is 16.7. The number of nitrogens with one attached hydrogen (secondary N) is 1. The molecule has 9 heteroatoms. The number of amides is 1. The summed E-state index contributed by atoms with van der Waals surface area (Å²) in [4.78, 5) is 25.3. The summed E-state index contributed by atoms with van der Waals surface area (Å²) in [6, 6.07) is -0.949. The quantitative estimate of drug-likeness (QED) is 0.0274. The molecule has 0 fully saturated rings. The highest BCUT2D eigenvalue weighted by atomic mass is 31.2. The Balaban J connectivity index is 4.59. The molecule has 0 heterocycles. The van der Waals surface area contributed by atoms with E-state index >= 15 is 0 Å². The first-order chi connectivity index (χ1) is 30.0. The van der Waals surface area contributed by atoms with Gasteiger partial charge >= 0.3 is 0 Å². The lowest BCUT2D eigenvalue weighted by Gasteiger charge is -2.29. The zero-order valence-electron chi connectivity index (χ0n) is 39.8. The van der Waals surface area contributed by atoms with Crippen LogP contribution in [-0.2, 0) is 18.4 Å². The summed E-state index contributed by atoms with van der Waals surface area (Å²) in [5.41, 5.74) is 0. The molecule has 0 bridgehead atoms. The van der Waals surface area contributed by atoms with E-state index in [4.69, 9.17) is 9.05 Å². The maximum atomic E-state index is 12.9. The van der Waals surface area contributed by atoms with Gasteiger partial charge in [0, 0.05) is 6.42 Å². The van der Waals surface area contributed by atoms with E-state index in [1.165, 1.54) is 44.9 Å². The van der Waals surface area contributed by atoms with Gasteiger partial charge in [-0.15, -0.1) is 0 Å². The number of carbonyl (C=O) groups is 1. The zero-order valence-corrected chi connectivity index (χ0v) is 40.7. The number of unbranched alkanes of at least 4 members (excludes halogenated alkanes) is 10. The summed E-state index contributed by atoms with van der Waals surface area (Å²) in [6.07, 6.45) is 64.0. The van der Waals surface area contributed by atoms with Gasteiger partial charge in [-0.05, 0) is 96.3 Å². The molecule has 0 aromatic heterocycles. The highest BCUT2D eigenvalue weighted by Gasteiger charge is 2.23. The number of rotatable bonds is 41. The van der Waals surface area contributed by atoms with Crippen LogP contribution >= 0.6 is 7.82 Å². The van der Waals surface area contributed by atoms with Gasteiger partial charge in [0.05, 0.1) is 39.9 Å². The molecule has 0 rings (SSSR count). The molecule has 0 aliphatic heterocycles. The Morgan fingerprint density at radius 2 is 1.00 bits per heavy atom. The number of allylic oxidation sites excluding steroid dienone is 19. The first kappa shape index (κ1) is 58.9. The minimum atomic E-state index is -4.63. The summed E-state index contributed by atoms with van der Waals surface area (Å²) in [5, 5.41) is 13.7. The molecule has 8 nitrogen and oxygen atoms in total. The van der Waals surface area contributed by atoms with E-state index in [0.29, 0.717) is 23.9 Å². The molecule has 0 aliphatic rings. The van der Waals surface area contributed by atoms with Crippen molar-refractivity contribution >= 4 is 13.7 Å². The summed E-state index contributed by atoms with van der Waals surface area (Å²) < 4.78 is 23.2. The van der Waals surface area contributed by atoms with Crippen molar-refractivity contribution in [3.05, 3.63) is 122 Å². The van der Waals surface area contributed by atoms with Crippen molar-refractivity contribution in [3.8, 4) is 0 Å². The van der Waals surface area contributed by atoms with Gasteiger partial charge in [-0.2, -0.15) is 0 Å². The van der Waals surface area contributed by atoms with Crippen molar-refractivity contribution in [1.29, 1.82) is 0 Å². The SMILES string of the molecule is CC/C=C\C/C=C\C/C=C\C/C=C\C/C=C\C/C=C\C/C=C\CCCC(=O)NC(COP(=O)([O-])OCC[N+](C)(C)C)C(O)/C=C/CC/C=C/CC/C=C/CCCCCCCCC. The average molecular weight is 881 g/mol. The second-order valence-corrected chi connectivity index (χ2v) is 18.1. The number of phosphoric ester groups is 1. The van der Waals surface area contributed by atoms with Crippen LogP contribution in [0.3, 0.4) is 0 Å². The Hall–Kier alpha value is -3.10. The number of quaternary nitrogens is 1. The van der Waals surface area contributed by atoms with Crippen molar-refractivity contribution in [2.45, 2.75) is 167 Å². The lowest BCUT2D eigenvalue weighted by atomic mass is 10.1. The Kier molecular flexibility index (Phi) is 41.0. The van der Waals surface area contributed by atoms with E-state index in [1.54, 1.807) is 6.08 Å². The van der Waals surface area contributed by atoms with Crippen molar-refractivity contribution in [3.63, 3.8) is 0 Å². The highest BCUT2D eigenvalue weighted by Crippen LogP contribution is 2.38. The third-order valence-corrected chi connectivity index (χ3v) is 10.6. The summed E-state index contributed by atoms with van der Waals surface area (Å²) in [5.74, 6) is -0.275. The maximum absolute atomic E-state index is 12.9. The van der Waals surface area contributed by atoms with E-state index in [2.05, 4.69) is 129 Å². The number of nitrogens with zero attached hydrogens (tertiary/aromatic N) is 1. The minimum Gasteiger partial charge on any atom is -0.756 e. The van der Waals surface area contributed by atoms with Gasteiger partial charge in [0.2, 0.25) is 5.91 Å². The molecule has 62 heavy (non-hydrogen) atoms. The summed E-state index contributed by atoms with van der Waals surface area (Å²) in [6.45, 7) is 4.42. The minimum absolute atomic E-state index is 0.0274. The fraction of sp³-hybridized carbons (Fsp3) is 0.604. The number of likely N-dealkylation sites (N-methyl/N-ethyl adjacent to an activating group) is 1. The Bertz CT molecular complexity index is 1410. The number of carbonyl (C=O) groups excluding carboxylic acids is 1. The van der Waals surface area contributed by atoms with Crippen LogP contribution in [0.1, 0.15) is 155 Å². The average Bonchev–Trinajstić information content (AvgIpc) is 3.23. The molecule has 0 aliphatic carbocycles. The molecular formula is C53H89N2O6P. The molecule has 0 spiro atoms. The third-order valence-electron chi connectivity index (χ3n) is 9.63. The molecule has 1 amide bonds. The zero-order chi connectivity index (χ0) is 45.7. The van der Waals surface area contributed by atoms with Gasteiger partial charge in [0.25, 0.3) is 7.82 Å². The fourth-order valence-electron chi connectivity index (χ4n) is 5.88. The van der Waals surface area contributed by atoms with Gasteiger partial charge < -0.3 is 28.8 Å². The molecule has 352 valence electrons. The van der Waals surface area contributed by atoms with Crippen LogP contribution in [-0.4, -0.2) is 68.5 Å². The van der Waals surface area contributed by atoms with Crippen LogP contribution in [0.25, 0.3) is 0 Å². The first-order valence-electron chi connectivity index (χ1n) is 23.9. The molecule has 0 saturated heterocycles. The van der Waals surface area contributed by atoms with Crippen LogP contribution in [0.5, 0.6) is 0 Å². The second kappa shape index (κ2) is 43.2. The lowest BCUT2D eigenvalue weighted by Crippen LogP contribution is -2.45. The monoisotopic (exact) mass is 881 g/mol. The van der Waals surface area contributed by atoms with E-state index in [0.717, 1.165) is 77.0 Å². The van der Waals surface area contributed by atoms with Crippen molar-refractivity contribution in [2.75, 3.05) is 40.9 Å². The van der Waals surface area contributed by atoms with E-state index in [1.807, 2.05) is 27.2 Å². The fourth-order valence-corrected chi connectivity index (χ4v) is 6.60. The van der Waals surface area contributed by atoms with Crippen LogP contribution in [0, 0.1) is 0 Å². The van der Waals surface area contributed by atoms with E-state index in [9.17, 15) is 19.4 Å². The van der Waals surface area contributed by atoms with E-state index < -0.39 is 26.6 Å². The topological polar surface area (TPSA) is 108 Å². The normalized spacial score (nSPS) is 15.3. The number of aliphatic hydroxyl groups is 1. The molecule has 2 N–H and O–H groups in total. The Morgan fingerprint density at radius 1 is 0.581 bits per heavy atom. The van der Waals surface area contributed by atoms with Crippen molar-refractivity contribution in [2.24, 2.45) is 0 Å². The van der Waals surface area contributed by atoms with Crippen molar-refractivity contribution in [1.82, 2.24) is 5.32 Å². The van der Waals surface area contributed by atoms with Crippen LogP contribution in [0.2, 0.25) is 0 Å². The van der Waals surface area contributed by atoms with Crippen LogP contribution in [0.4, 0.5) is 0 Å². The predicted molar refractivity (Wildman–Crippen MR) is 265 cm³/mol. The predicted octanol–water partition coefficient (Wildman–Crippen LogP) is 13.2. The molecular weight excluding hydrogens is 792 g/mol. The van der Waals surface area contributed by atoms with Gasteiger partial charge in [-0.25, -0.2) is 0 Å². The standard InChI is InChI=1S/C53H89N2O6P/c1-6-8-10-12-14-16-18-20-22-24-25-26-27-28-29-31-33-35-37-39-41-43-45-47-53(57)54-51(50-61-62(58,59)60-49-48-55(3,4)5)52(56)46-44-42-40-38-36-34-32-30-23-21-19-17-15-13-11-9-7-2/h8,10,14,16,20,22-23,25-26,28-30,33,35-36,38-39,41,44,46,51-52,56H,6-7,9,11-13,15,17-19,21,24,27,31-32,34,37,40,42-43,45,47-50H2,1-5H3,(H-,54,57,58,59)/b10-8-,16-14-,22-20-,26-25-,29-28-,30-23+,35-33-,38-36+,41-39-,46-44+. The van der Waals surface area contributed by atoms with Gasteiger partial charge in [-0.3, -0.25) is 9.36 Å².